The van der Waals surface area contributed by atoms with Crippen LogP contribution in [0.4, 0.5) is 9.18 Å². The van der Waals surface area contributed by atoms with E-state index in [9.17, 15) is 29.4 Å². The summed E-state index contributed by atoms with van der Waals surface area (Å²) in [5.74, 6) is -4.68. The Labute approximate surface area is 304 Å². The molecule has 0 aromatic heterocycles. The van der Waals surface area contributed by atoms with E-state index >= 15 is 4.39 Å². The maximum absolute atomic E-state index is 16.5. The number of allylic oxidation sites excluding steroid dienone is 1. The van der Waals surface area contributed by atoms with Crippen molar-refractivity contribution in [3.63, 3.8) is 0 Å². The third kappa shape index (κ3) is 11.5. The molecule has 0 saturated carbocycles. The van der Waals surface area contributed by atoms with Gasteiger partial charge >= 0.3 is 12.1 Å². The minimum absolute atomic E-state index is 0.00753. The molecule has 0 aliphatic carbocycles. The second-order valence-electron chi connectivity index (χ2n) is 15.2. The summed E-state index contributed by atoms with van der Waals surface area (Å²) in [6.45, 7) is 17.2. The normalized spacial score (nSPS) is 28.0. The van der Waals surface area contributed by atoms with Crippen LogP contribution in [-0.4, -0.2) is 125 Å². The number of aliphatic hydroxyl groups is 2. The van der Waals surface area contributed by atoms with E-state index < -0.39 is 83.6 Å². The first-order valence-electron chi connectivity index (χ1n) is 18.6. The van der Waals surface area contributed by atoms with Crippen LogP contribution < -0.4 is 0 Å². The fraction of sp³-hybridized carbons (Fsp3) is 0.842. The molecule has 2 aliphatic heterocycles. The fourth-order valence-corrected chi connectivity index (χ4v) is 7.22. The van der Waals surface area contributed by atoms with Crippen LogP contribution in [0.1, 0.15) is 107 Å². The number of halogens is 1. The number of likely N-dealkylation sites (N-methyl/N-ethyl adjacent to an activating group) is 1. The van der Waals surface area contributed by atoms with Gasteiger partial charge in [0.2, 0.25) is 0 Å². The third-order valence-corrected chi connectivity index (χ3v) is 10.7. The summed E-state index contributed by atoms with van der Waals surface area (Å²) in [4.78, 5) is 56.1. The summed E-state index contributed by atoms with van der Waals surface area (Å²) in [6, 6.07) is -0.445. The molecule has 12 nitrogen and oxygen atoms in total. The maximum atomic E-state index is 16.5. The highest BCUT2D eigenvalue weighted by atomic mass is 19.1. The number of esters is 1. The smallest absolute Gasteiger partial charge is 0.410 e. The molecule has 0 bridgehead atoms. The average Bonchev–Trinajstić information content (AvgIpc) is 3.39. The van der Waals surface area contributed by atoms with Gasteiger partial charge in [-0.3, -0.25) is 9.59 Å². The summed E-state index contributed by atoms with van der Waals surface area (Å²) in [6.07, 6.45) is -1.31. The first-order chi connectivity index (χ1) is 23.8. The van der Waals surface area contributed by atoms with Crippen LogP contribution in [0, 0.1) is 17.8 Å². The number of unbranched alkanes of at least 4 members (excludes halogenated alkanes) is 1. The Morgan fingerprint density at radius 2 is 1.80 bits per heavy atom. The quantitative estimate of drug-likeness (QED) is 0.0670. The minimum Gasteiger partial charge on any atom is -0.455 e. The van der Waals surface area contributed by atoms with E-state index in [1.165, 1.54) is 6.92 Å². The van der Waals surface area contributed by atoms with Gasteiger partial charge in [-0.2, -0.15) is 0 Å². The lowest BCUT2D eigenvalue weighted by Crippen LogP contribution is -2.57. The van der Waals surface area contributed by atoms with E-state index in [-0.39, 0.29) is 31.8 Å². The Kier molecular flexibility index (Phi) is 17.2. The number of ether oxygens (including phenoxy) is 4. The molecule has 0 aromatic carbocycles. The van der Waals surface area contributed by atoms with Crippen LogP contribution in [-0.2, 0) is 33.3 Å². The minimum atomic E-state index is -3.12. The molecule has 13 heteroatoms. The highest BCUT2D eigenvalue weighted by Gasteiger charge is 2.53. The summed E-state index contributed by atoms with van der Waals surface area (Å²) in [7, 11) is 3.55. The summed E-state index contributed by atoms with van der Waals surface area (Å²) in [5.41, 5.74) is -3.24. The molecule has 2 N–H and O–H groups in total. The zero-order chi connectivity index (χ0) is 38.8. The van der Waals surface area contributed by atoms with Crippen LogP contribution >= 0.6 is 0 Å². The lowest BCUT2D eigenvalue weighted by Gasteiger charge is -2.44. The van der Waals surface area contributed by atoms with Crippen molar-refractivity contribution in [2.45, 2.75) is 155 Å². The van der Waals surface area contributed by atoms with Crippen molar-refractivity contribution in [3.8, 4) is 0 Å². The number of carbonyl (C=O) groups excluding carboxylic acids is 4. The van der Waals surface area contributed by atoms with Crippen LogP contribution in [0.25, 0.3) is 0 Å². The van der Waals surface area contributed by atoms with Crippen molar-refractivity contribution in [1.82, 2.24) is 9.80 Å². The maximum Gasteiger partial charge on any atom is 0.410 e. The van der Waals surface area contributed by atoms with E-state index in [0.29, 0.717) is 19.4 Å². The fourth-order valence-electron chi connectivity index (χ4n) is 7.22. The number of amides is 1. The number of Topliss-reactive ketones (excluding diaryl/α,β-unsaturated/α-hetero) is 2. The largest absolute Gasteiger partial charge is 0.455 e. The average molecular weight is 729 g/mol. The molecule has 0 spiro atoms. The van der Waals surface area contributed by atoms with Crippen molar-refractivity contribution in [3.05, 3.63) is 12.2 Å². The van der Waals surface area contributed by atoms with E-state index in [1.54, 1.807) is 58.5 Å². The Morgan fingerprint density at radius 1 is 1.16 bits per heavy atom. The Bertz CT molecular complexity index is 1200. The number of cyclic esters (lactones) is 1. The van der Waals surface area contributed by atoms with Crippen molar-refractivity contribution in [2.24, 2.45) is 17.8 Å². The van der Waals surface area contributed by atoms with Gasteiger partial charge in [0.05, 0.1) is 25.4 Å². The molecule has 11 unspecified atom stereocenters. The van der Waals surface area contributed by atoms with Crippen LogP contribution in [0.15, 0.2) is 12.2 Å². The van der Waals surface area contributed by atoms with Crippen LogP contribution in [0.3, 0.4) is 0 Å². The van der Waals surface area contributed by atoms with Crippen molar-refractivity contribution < 1.29 is 52.7 Å². The second kappa shape index (κ2) is 19.6. The second-order valence-corrected chi connectivity index (χ2v) is 15.2. The summed E-state index contributed by atoms with van der Waals surface area (Å²) in [5, 5.41) is 21.1. The summed E-state index contributed by atoms with van der Waals surface area (Å²) < 4.78 is 40.0. The monoisotopic (exact) mass is 728 g/mol. The first-order valence-corrected chi connectivity index (χ1v) is 18.6. The Balaban J connectivity index is 2.28. The predicted octanol–water partition coefficient (Wildman–Crippen LogP) is 5.01. The van der Waals surface area contributed by atoms with Gasteiger partial charge in [-0.15, -0.1) is 0 Å². The standard InChI is InChI=1S/C38H65FN2O10/c1-12-23(4)17-15-16-18-41-22-37(8,51-36(41)47)30(14-3)49-35(46)38(9,39)33(45)26(7)32(25(6)19-24(5)29(43)13-2)50-34-31(44)28(40(10)11)20-27(21-42)48-34/h24-28,30-32,34,42,44H,4,12-22H2,1-3,5-11H3. The van der Waals surface area contributed by atoms with Gasteiger partial charge in [0.15, 0.2) is 17.7 Å². The number of hydrogen-bond donors (Lipinski definition) is 2. The topological polar surface area (TPSA) is 152 Å². The zero-order valence-corrected chi connectivity index (χ0v) is 32.6. The number of hydrogen-bond acceptors (Lipinski definition) is 11. The van der Waals surface area contributed by atoms with Gasteiger partial charge in [-0.25, -0.2) is 14.0 Å². The number of aliphatic hydroxyl groups excluding tert-OH is 2. The zero-order valence-electron chi connectivity index (χ0n) is 32.6. The molecule has 0 radical (unpaired) electrons. The molecule has 1 amide bonds. The Morgan fingerprint density at radius 3 is 2.35 bits per heavy atom. The SMILES string of the molecule is C=C(CC)CCCCN1CC(C)(C(CC)OC(=O)C(C)(F)C(=O)C(C)C(OC2OC(CO)CC(N(C)C)C2O)C(C)CC(C)C(=O)CC)OC1=O. The third-order valence-electron chi connectivity index (χ3n) is 10.7. The van der Waals surface area contributed by atoms with Gasteiger partial charge < -0.3 is 39.0 Å². The molecule has 2 fully saturated rings. The number of nitrogens with zero attached hydrogens (tertiary/aromatic N) is 2. The van der Waals surface area contributed by atoms with Crippen LogP contribution in [0.5, 0.6) is 0 Å². The predicted molar refractivity (Wildman–Crippen MR) is 191 cm³/mol. The number of ketones is 2. The van der Waals surface area contributed by atoms with Gasteiger partial charge in [-0.05, 0) is 78.8 Å². The molecule has 2 heterocycles. The highest BCUT2D eigenvalue weighted by Crippen LogP contribution is 2.35. The van der Waals surface area contributed by atoms with Crippen molar-refractivity contribution >= 4 is 23.6 Å². The van der Waals surface area contributed by atoms with Crippen molar-refractivity contribution in [2.75, 3.05) is 33.8 Å². The van der Waals surface area contributed by atoms with Crippen molar-refractivity contribution in [1.29, 1.82) is 0 Å². The van der Waals surface area contributed by atoms with Crippen LogP contribution in [0.2, 0.25) is 0 Å². The highest BCUT2D eigenvalue weighted by molar-refractivity contribution is 6.07. The molecule has 2 rings (SSSR count). The van der Waals surface area contributed by atoms with Gasteiger partial charge in [0.1, 0.15) is 18.0 Å². The number of alkyl halides is 1. The lowest BCUT2D eigenvalue weighted by atomic mass is 9.80. The van der Waals surface area contributed by atoms with Gasteiger partial charge in [0, 0.05) is 30.8 Å². The molecule has 294 valence electrons. The van der Waals surface area contributed by atoms with E-state index in [2.05, 4.69) is 6.58 Å². The van der Waals surface area contributed by atoms with Gasteiger partial charge in [0.25, 0.3) is 5.67 Å². The Hall–Kier alpha value is -2.45. The first kappa shape index (κ1) is 44.7. The summed E-state index contributed by atoms with van der Waals surface area (Å²) >= 11 is 0. The molecule has 51 heavy (non-hydrogen) atoms. The van der Waals surface area contributed by atoms with E-state index in [1.807, 2.05) is 6.92 Å². The molecular formula is C38H65FN2O10. The lowest BCUT2D eigenvalue weighted by molar-refractivity contribution is -0.284. The molecule has 2 saturated heterocycles. The van der Waals surface area contributed by atoms with E-state index in [4.69, 9.17) is 18.9 Å². The number of rotatable bonds is 22. The molecule has 0 aromatic rings. The van der Waals surface area contributed by atoms with Gasteiger partial charge in [-0.1, -0.05) is 53.7 Å². The molecule has 11 atom stereocenters. The van der Waals surface area contributed by atoms with E-state index in [0.717, 1.165) is 38.2 Å². The molecule has 2 aliphatic rings. The number of carbonyl (C=O) groups is 4. The molecular weight excluding hydrogens is 663 g/mol.